The highest BCUT2D eigenvalue weighted by Gasteiger charge is 2.17. The van der Waals surface area contributed by atoms with Gasteiger partial charge in [-0.3, -0.25) is 0 Å². The molecule has 0 amide bonds. The molecule has 0 aliphatic carbocycles. The Morgan fingerprint density at radius 2 is 2.14 bits per heavy atom. The molecule has 1 aliphatic rings. The standard InChI is InChI=1S/C11H21NO2/c12-7-2-1-3-10-4-5-11(9-13)14-8-6-10/h9-11H,1-8,12H2. The highest BCUT2D eigenvalue weighted by molar-refractivity contribution is 5.55. The van der Waals surface area contributed by atoms with Crippen LogP contribution >= 0.6 is 0 Å². The summed E-state index contributed by atoms with van der Waals surface area (Å²) in [6.07, 6.45) is 7.50. The third-order valence-electron chi connectivity index (χ3n) is 2.94. The lowest BCUT2D eigenvalue weighted by molar-refractivity contribution is -0.117. The number of carbonyl (C=O) groups excluding carboxylic acids is 1. The molecule has 2 atom stereocenters. The second-order valence-electron chi connectivity index (χ2n) is 4.06. The molecule has 1 fully saturated rings. The van der Waals surface area contributed by atoms with Gasteiger partial charge in [0.15, 0.2) is 0 Å². The van der Waals surface area contributed by atoms with Gasteiger partial charge in [0, 0.05) is 6.61 Å². The molecule has 0 radical (unpaired) electrons. The minimum absolute atomic E-state index is 0.144. The lowest BCUT2D eigenvalue weighted by atomic mass is 9.94. The van der Waals surface area contributed by atoms with E-state index >= 15 is 0 Å². The SMILES string of the molecule is NCCCCC1CCOC(C=O)CC1. The summed E-state index contributed by atoms with van der Waals surface area (Å²) >= 11 is 0. The smallest absolute Gasteiger partial charge is 0.148 e. The van der Waals surface area contributed by atoms with Gasteiger partial charge in [-0.25, -0.2) is 0 Å². The van der Waals surface area contributed by atoms with E-state index in [1.807, 2.05) is 0 Å². The predicted molar refractivity (Wildman–Crippen MR) is 56.1 cm³/mol. The Labute approximate surface area is 86.0 Å². The molecule has 1 heterocycles. The topological polar surface area (TPSA) is 52.3 Å². The van der Waals surface area contributed by atoms with E-state index < -0.39 is 0 Å². The molecule has 0 aromatic carbocycles. The summed E-state index contributed by atoms with van der Waals surface area (Å²) in [5, 5.41) is 0. The van der Waals surface area contributed by atoms with Crippen LogP contribution in [0.4, 0.5) is 0 Å². The molecule has 0 bridgehead atoms. The molecule has 14 heavy (non-hydrogen) atoms. The fourth-order valence-electron chi connectivity index (χ4n) is 1.99. The Hall–Kier alpha value is -0.410. The number of carbonyl (C=O) groups is 1. The third kappa shape index (κ3) is 4.20. The maximum absolute atomic E-state index is 10.5. The van der Waals surface area contributed by atoms with Crippen LogP contribution in [-0.2, 0) is 9.53 Å². The van der Waals surface area contributed by atoms with E-state index in [2.05, 4.69) is 0 Å². The molecule has 1 saturated heterocycles. The van der Waals surface area contributed by atoms with Gasteiger partial charge in [0.2, 0.25) is 0 Å². The molecule has 82 valence electrons. The summed E-state index contributed by atoms with van der Waals surface area (Å²) in [4.78, 5) is 10.5. The zero-order chi connectivity index (χ0) is 10.2. The molecule has 1 rings (SSSR count). The summed E-state index contributed by atoms with van der Waals surface area (Å²) < 4.78 is 5.40. The molecule has 3 heteroatoms. The van der Waals surface area contributed by atoms with Gasteiger partial charge in [-0.15, -0.1) is 0 Å². The lowest BCUT2D eigenvalue weighted by Gasteiger charge is -2.11. The second kappa shape index (κ2) is 6.96. The fraction of sp³-hybridized carbons (Fsp3) is 0.909. The predicted octanol–water partition coefficient (Wildman–Crippen LogP) is 1.50. The average molecular weight is 199 g/mol. The molecule has 0 aromatic heterocycles. The first-order valence-electron chi connectivity index (χ1n) is 5.63. The van der Waals surface area contributed by atoms with Gasteiger partial charge in [-0.2, -0.15) is 0 Å². The van der Waals surface area contributed by atoms with E-state index in [0.29, 0.717) is 0 Å². The highest BCUT2D eigenvalue weighted by Crippen LogP contribution is 2.23. The van der Waals surface area contributed by atoms with Crippen molar-refractivity contribution in [3.05, 3.63) is 0 Å². The van der Waals surface area contributed by atoms with Crippen LogP contribution in [0.25, 0.3) is 0 Å². The van der Waals surface area contributed by atoms with Crippen molar-refractivity contribution in [2.75, 3.05) is 13.2 Å². The maximum atomic E-state index is 10.5. The first kappa shape index (κ1) is 11.7. The van der Waals surface area contributed by atoms with Crippen LogP contribution in [0.3, 0.4) is 0 Å². The number of rotatable bonds is 5. The van der Waals surface area contributed by atoms with Crippen LogP contribution in [-0.4, -0.2) is 25.5 Å². The summed E-state index contributed by atoms with van der Waals surface area (Å²) in [6, 6.07) is 0. The first-order valence-corrected chi connectivity index (χ1v) is 5.63. The molecule has 2 unspecified atom stereocenters. The summed E-state index contributed by atoms with van der Waals surface area (Å²) in [6.45, 7) is 1.54. The van der Waals surface area contributed by atoms with Crippen molar-refractivity contribution in [3.8, 4) is 0 Å². The molecule has 0 aromatic rings. The number of ether oxygens (including phenoxy) is 1. The van der Waals surface area contributed by atoms with Gasteiger partial charge in [0.1, 0.15) is 12.4 Å². The van der Waals surface area contributed by atoms with E-state index in [4.69, 9.17) is 10.5 Å². The lowest BCUT2D eigenvalue weighted by Crippen LogP contribution is -2.12. The van der Waals surface area contributed by atoms with Crippen LogP contribution in [0.2, 0.25) is 0 Å². The molecule has 1 aliphatic heterocycles. The van der Waals surface area contributed by atoms with Gasteiger partial charge in [0.05, 0.1) is 0 Å². The minimum atomic E-state index is -0.144. The Balaban J connectivity index is 2.17. The maximum Gasteiger partial charge on any atom is 0.148 e. The molecule has 0 saturated carbocycles. The van der Waals surface area contributed by atoms with Crippen LogP contribution in [0.1, 0.15) is 38.5 Å². The molecule has 2 N–H and O–H groups in total. The quantitative estimate of drug-likeness (QED) is 0.539. The van der Waals surface area contributed by atoms with Crippen molar-refractivity contribution in [1.29, 1.82) is 0 Å². The number of aldehydes is 1. The number of hydrogen-bond acceptors (Lipinski definition) is 3. The van der Waals surface area contributed by atoms with Gasteiger partial charge >= 0.3 is 0 Å². The zero-order valence-electron chi connectivity index (χ0n) is 8.78. The van der Waals surface area contributed by atoms with Crippen LogP contribution in [0.5, 0.6) is 0 Å². The Kier molecular flexibility index (Phi) is 5.80. The normalized spacial score (nSPS) is 28.4. The fourth-order valence-corrected chi connectivity index (χ4v) is 1.99. The molecule has 3 nitrogen and oxygen atoms in total. The number of nitrogens with two attached hydrogens (primary N) is 1. The highest BCUT2D eigenvalue weighted by atomic mass is 16.5. The largest absolute Gasteiger partial charge is 0.371 e. The van der Waals surface area contributed by atoms with Gasteiger partial charge in [-0.05, 0) is 38.1 Å². The van der Waals surface area contributed by atoms with Crippen LogP contribution in [0, 0.1) is 5.92 Å². The van der Waals surface area contributed by atoms with E-state index in [0.717, 1.165) is 51.0 Å². The van der Waals surface area contributed by atoms with Crippen molar-refractivity contribution in [3.63, 3.8) is 0 Å². The minimum Gasteiger partial charge on any atom is -0.371 e. The van der Waals surface area contributed by atoms with Gasteiger partial charge in [0.25, 0.3) is 0 Å². The molecule has 0 spiro atoms. The number of unbranched alkanes of at least 4 members (excludes halogenated alkanes) is 1. The second-order valence-corrected chi connectivity index (χ2v) is 4.06. The van der Waals surface area contributed by atoms with Crippen molar-refractivity contribution in [2.24, 2.45) is 11.7 Å². The Morgan fingerprint density at radius 3 is 2.86 bits per heavy atom. The summed E-state index contributed by atoms with van der Waals surface area (Å²) in [5.41, 5.74) is 5.45. The van der Waals surface area contributed by atoms with E-state index in [1.165, 1.54) is 12.8 Å². The van der Waals surface area contributed by atoms with Gasteiger partial charge in [-0.1, -0.05) is 12.8 Å². The summed E-state index contributed by atoms with van der Waals surface area (Å²) in [5.74, 6) is 0.742. The molecular formula is C11H21NO2. The average Bonchev–Trinajstić information content (AvgIpc) is 2.43. The first-order chi connectivity index (χ1) is 6.86. The van der Waals surface area contributed by atoms with Gasteiger partial charge < -0.3 is 15.3 Å². The Morgan fingerprint density at radius 1 is 1.29 bits per heavy atom. The number of hydrogen-bond donors (Lipinski definition) is 1. The summed E-state index contributed by atoms with van der Waals surface area (Å²) in [7, 11) is 0. The van der Waals surface area contributed by atoms with E-state index in [-0.39, 0.29) is 6.10 Å². The van der Waals surface area contributed by atoms with Crippen molar-refractivity contribution < 1.29 is 9.53 Å². The molecular weight excluding hydrogens is 178 g/mol. The monoisotopic (exact) mass is 199 g/mol. The third-order valence-corrected chi connectivity index (χ3v) is 2.94. The van der Waals surface area contributed by atoms with E-state index in [9.17, 15) is 4.79 Å². The van der Waals surface area contributed by atoms with Crippen LogP contribution < -0.4 is 5.73 Å². The van der Waals surface area contributed by atoms with Crippen molar-refractivity contribution in [2.45, 2.75) is 44.6 Å². The van der Waals surface area contributed by atoms with E-state index in [1.54, 1.807) is 0 Å². The van der Waals surface area contributed by atoms with Crippen LogP contribution in [0.15, 0.2) is 0 Å². The van der Waals surface area contributed by atoms with Crippen molar-refractivity contribution >= 4 is 6.29 Å². The van der Waals surface area contributed by atoms with Crippen molar-refractivity contribution in [1.82, 2.24) is 0 Å². The Bertz CT molecular complexity index is 161. The zero-order valence-corrected chi connectivity index (χ0v) is 8.78.